The molecular formula is C15H19F2NO3S. The molecule has 122 valence electrons. The van der Waals surface area contributed by atoms with Crippen molar-refractivity contribution in [3.63, 3.8) is 0 Å². The predicted molar refractivity (Wildman–Crippen MR) is 80.6 cm³/mol. The number of thioether (sulfide) groups is 1. The normalized spacial score (nSPS) is 11.1. The molecule has 0 aliphatic rings. The first kappa shape index (κ1) is 18.4. The van der Waals surface area contributed by atoms with Crippen LogP contribution in [0.15, 0.2) is 23.1 Å². The Labute approximate surface area is 132 Å². The number of nitrogens with one attached hydrogen (secondary N) is 1. The van der Waals surface area contributed by atoms with Crippen molar-refractivity contribution < 1.29 is 23.1 Å². The molecule has 0 fully saturated rings. The number of amides is 1. The van der Waals surface area contributed by atoms with Gasteiger partial charge in [0, 0.05) is 16.2 Å². The van der Waals surface area contributed by atoms with Crippen molar-refractivity contribution in [1.29, 1.82) is 0 Å². The van der Waals surface area contributed by atoms with E-state index in [1.807, 2.05) is 20.8 Å². The lowest BCUT2D eigenvalue weighted by atomic mass is 10.1. The largest absolute Gasteiger partial charge is 0.456 e. The van der Waals surface area contributed by atoms with Crippen molar-refractivity contribution in [2.24, 2.45) is 0 Å². The van der Waals surface area contributed by atoms with Crippen LogP contribution in [-0.4, -0.2) is 29.8 Å². The van der Waals surface area contributed by atoms with E-state index in [-0.39, 0.29) is 24.5 Å². The van der Waals surface area contributed by atoms with E-state index in [9.17, 15) is 18.4 Å². The molecule has 1 aromatic carbocycles. The molecule has 1 rings (SSSR count). The summed E-state index contributed by atoms with van der Waals surface area (Å²) in [4.78, 5) is 23.5. The fourth-order valence-electron chi connectivity index (χ4n) is 1.49. The lowest BCUT2D eigenvalue weighted by molar-refractivity contribution is -0.148. The van der Waals surface area contributed by atoms with Gasteiger partial charge in [-0.1, -0.05) is 0 Å². The molecule has 1 aromatic rings. The summed E-state index contributed by atoms with van der Waals surface area (Å²) >= 11 is 1.21. The summed E-state index contributed by atoms with van der Waals surface area (Å²) < 4.78 is 30.6. The summed E-state index contributed by atoms with van der Waals surface area (Å²) in [5.41, 5.74) is -0.383. The molecule has 4 nitrogen and oxygen atoms in total. The molecule has 1 amide bonds. The zero-order valence-electron chi connectivity index (χ0n) is 12.7. The number of hydrogen-bond acceptors (Lipinski definition) is 4. The summed E-state index contributed by atoms with van der Waals surface area (Å²) in [6, 6.07) is 3.54. The third-order valence-corrected chi connectivity index (χ3v) is 3.34. The maximum atomic E-state index is 13.0. The Kier molecular flexibility index (Phi) is 6.80. The predicted octanol–water partition coefficient (Wildman–Crippen LogP) is 2.90. The summed E-state index contributed by atoms with van der Waals surface area (Å²) in [7, 11) is 0. The molecule has 0 heterocycles. The number of hydrogen-bond donors (Lipinski definition) is 1. The Morgan fingerprint density at radius 2 is 1.91 bits per heavy atom. The van der Waals surface area contributed by atoms with Crippen molar-refractivity contribution in [2.75, 3.05) is 12.4 Å². The standard InChI is InChI=1S/C15H19F2NO3S/c1-15(2,3)18-13(19)9-21-14(20)6-7-22-10-4-5-11(16)12(17)8-10/h4-5,8H,6-7,9H2,1-3H3,(H,18,19). The average molecular weight is 331 g/mol. The van der Waals surface area contributed by atoms with Crippen LogP contribution in [0.25, 0.3) is 0 Å². The van der Waals surface area contributed by atoms with Gasteiger partial charge in [0.15, 0.2) is 18.2 Å². The second-order valence-corrected chi connectivity index (χ2v) is 6.80. The molecule has 0 spiro atoms. The molecule has 1 N–H and O–H groups in total. The molecule has 7 heteroatoms. The molecular weight excluding hydrogens is 312 g/mol. The van der Waals surface area contributed by atoms with Gasteiger partial charge in [-0.3, -0.25) is 9.59 Å². The number of esters is 1. The van der Waals surface area contributed by atoms with Gasteiger partial charge in [0.1, 0.15) is 0 Å². The molecule has 0 atom stereocenters. The van der Waals surface area contributed by atoms with E-state index < -0.39 is 17.6 Å². The average Bonchev–Trinajstić information content (AvgIpc) is 2.38. The smallest absolute Gasteiger partial charge is 0.307 e. The van der Waals surface area contributed by atoms with Gasteiger partial charge in [-0.15, -0.1) is 11.8 Å². The minimum absolute atomic E-state index is 0.0759. The topological polar surface area (TPSA) is 55.4 Å². The second-order valence-electron chi connectivity index (χ2n) is 5.63. The second kappa shape index (κ2) is 8.12. The van der Waals surface area contributed by atoms with E-state index in [1.165, 1.54) is 17.8 Å². The van der Waals surface area contributed by atoms with E-state index in [1.54, 1.807) is 0 Å². The van der Waals surface area contributed by atoms with Crippen molar-refractivity contribution in [1.82, 2.24) is 5.32 Å². The van der Waals surface area contributed by atoms with Gasteiger partial charge in [0.05, 0.1) is 6.42 Å². The minimum Gasteiger partial charge on any atom is -0.456 e. The highest BCUT2D eigenvalue weighted by atomic mass is 32.2. The number of ether oxygens (including phenoxy) is 1. The molecule has 22 heavy (non-hydrogen) atoms. The first-order chi connectivity index (χ1) is 10.2. The molecule has 0 aliphatic heterocycles. The first-order valence-electron chi connectivity index (χ1n) is 6.72. The van der Waals surface area contributed by atoms with Gasteiger partial charge in [0.25, 0.3) is 5.91 Å². The third-order valence-electron chi connectivity index (χ3n) is 2.34. The summed E-state index contributed by atoms with van der Waals surface area (Å²) in [5.74, 6) is -2.36. The van der Waals surface area contributed by atoms with Crippen LogP contribution in [0.4, 0.5) is 8.78 Å². The lowest BCUT2D eigenvalue weighted by Gasteiger charge is -2.20. The van der Waals surface area contributed by atoms with E-state index in [4.69, 9.17) is 4.74 Å². The molecule has 0 aromatic heterocycles. The number of carbonyl (C=O) groups excluding carboxylic acids is 2. The number of carbonyl (C=O) groups is 2. The monoisotopic (exact) mass is 331 g/mol. The summed E-state index contributed by atoms with van der Waals surface area (Å²) in [6.07, 6.45) is 0.0759. The fraction of sp³-hybridized carbons (Fsp3) is 0.467. The van der Waals surface area contributed by atoms with Crippen LogP contribution in [0.3, 0.4) is 0 Å². The SMILES string of the molecule is CC(C)(C)NC(=O)COC(=O)CCSc1ccc(F)c(F)c1. The van der Waals surface area contributed by atoms with Gasteiger partial charge in [0.2, 0.25) is 0 Å². The van der Waals surface area contributed by atoms with Crippen LogP contribution in [0.2, 0.25) is 0 Å². The first-order valence-corrected chi connectivity index (χ1v) is 7.70. The van der Waals surface area contributed by atoms with Crippen molar-refractivity contribution >= 4 is 23.6 Å². The quantitative estimate of drug-likeness (QED) is 0.643. The van der Waals surface area contributed by atoms with E-state index >= 15 is 0 Å². The highest BCUT2D eigenvalue weighted by Crippen LogP contribution is 2.21. The minimum atomic E-state index is -0.925. The number of halogens is 2. The van der Waals surface area contributed by atoms with Gasteiger partial charge < -0.3 is 10.1 Å². The van der Waals surface area contributed by atoms with Gasteiger partial charge >= 0.3 is 5.97 Å². The van der Waals surface area contributed by atoms with Crippen LogP contribution in [-0.2, 0) is 14.3 Å². The van der Waals surface area contributed by atoms with Crippen molar-refractivity contribution in [2.45, 2.75) is 37.6 Å². The fourth-order valence-corrected chi connectivity index (χ4v) is 2.35. The van der Waals surface area contributed by atoms with Gasteiger partial charge in [-0.25, -0.2) is 8.78 Å². The Morgan fingerprint density at radius 3 is 2.50 bits per heavy atom. The van der Waals surface area contributed by atoms with E-state index in [2.05, 4.69) is 5.32 Å². The molecule has 0 aliphatic carbocycles. The van der Waals surface area contributed by atoms with Crippen molar-refractivity contribution in [3.05, 3.63) is 29.8 Å². The van der Waals surface area contributed by atoms with E-state index in [0.29, 0.717) is 10.6 Å². The summed E-state index contributed by atoms with van der Waals surface area (Å²) in [5, 5.41) is 2.67. The molecule has 0 unspecified atom stereocenters. The van der Waals surface area contributed by atoms with Crippen LogP contribution in [0.5, 0.6) is 0 Å². The van der Waals surface area contributed by atoms with E-state index in [0.717, 1.165) is 12.1 Å². The van der Waals surface area contributed by atoms with Crippen LogP contribution in [0.1, 0.15) is 27.2 Å². The highest BCUT2D eigenvalue weighted by molar-refractivity contribution is 7.99. The maximum absolute atomic E-state index is 13.0. The third kappa shape index (κ3) is 7.40. The lowest BCUT2D eigenvalue weighted by Crippen LogP contribution is -2.42. The van der Waals surface area contributed by atoms with Crippen LogP contribution >= 0.6 is 11.8 Å². The zero-order valence-corrected chi connectivity index (χ0v) is 13.6. The molecule has 0 saturated carbocycles. The van der Waals surface area contributed by atoms with Gasteiger partial charge in [-0.05, 0) is 39.0 Å². The Balaban J connectivity index is 2.26. The molecule has 0 saturated heterocycles. The van der Waals surface area contributed by atoms with Crippen LogP contribution in [0, 0.1) is 11.6 Å². The Morgan fingerprint density at radius 1 is 1.23 bits per heavy atom. The van der Waals surface area contributed by atoms with Gasteiger partial charge in [-0.2, -0.15) is 0 Å². The number of rotatable bonds is 6. The maximum Gasteiger partial charge on any atom is 0.307 e. The van der Waals surface area contributed by atoms with Crippen LogP contribution < -0.4 is 5.32 Å². The molecule has 0 bridgehead atoms. The highest BCUT2D eigenvalue weighted by Gasteiger charge is 2.15. The molecule has 0 radical (unpaired) electrons. The Hall–Kier alpha value is -1.63. The summed E-state index contributed by atoms with van der Waals surface area (Å²) in [6.45, 7) is 5.15. The zero-order chi connectivity index (χ0) is 16.8. The Bertz CT molecular complexity index is 544. The van der Waals surface area contributed by atoms with Crippen molar-refractivity contribution in [3.8, 4) is 0 Å². The number of benzene rings is 1.